The Morgan fingerprint density at radius 2 is 1.90 bits per heavy atom. The van der Waals surface area contributed by atoms with Crippen LogP contribution in [0, 0.1) is 4.77 Å². The lowest BCUT2D eigenvalue weighted by atomic mass is 9.95. The van der Waals surface area contributed by atoms with Crippen molar-refractivity contribution in [2.24, 2.45) is 0 Å². The first kappa shape index (κ1) is 21.3. The Bertz CT molecular complexity index is 1290. The van der Waals surface area contributed by atoms with E-state index in [-0.39, 0.29) is 17.1 Å². The molecule has 2 aromatic heterocycles. The second-order valence-corrected chi connectivity index (χ2v) is 8.64. The second-order valence-electron chi connectivity index (χ2n) is 7.19. The lowest BCUT2D eigenvalue weighted by molar-refractivity contribution is 0.0525. The molecule has 0 bridgehead atoms. The van der Waals surface area contributed by atoms with Crippen LogP contribution in [0.15, 0.2) is 35.1 Å². The number of para-hydroxylation sites is 1. The smallest absolute Gasteiger partial charge is 0.341 e. The van der Waals surface area contributed by atoms with Gasteiger partial charge in [-0.3, -0.25) is 9.59 Å². The number of aryl methyl sites for hydroxylation is 1. The molecule has 0 amide bonds. The maximum atomic E-state index is 13.0. The van der Waals surface area contributed by atoms with Crippen molar-refractivity contribution in [3.63, 3.8) is 0 Å². The fraction of sp³-hybridized carbons (Fsp3) is 0.318. The minimum Gasteiger partial charge on any atom is -0.462 e. The summed E-state index contributed by atoms with van der Waals surface area (Å²) in [7, 11) is 0. The number of fused-ring (bicyclic) bond motifs is 1. The van der Waals surface area contributed by atoms with Crippen molar-refractivity contribution >= 4 is 35.3 Å². The molecule has 2 heterocycles. The number of rotatable bonds is 5. The Labute approximate surface area is 187 Å². The molecule has 1 aliphatic rings. The van der Waals surface area contributed by atoms with Crippen molar-refractivity contribution in [2.45, 2.75) is 39.5 Å². The molecule has 160 valence electrons. The molecule has 0 saturated carbocycles. The molecule has 0 fully saturated rings. The summed E-state index contributed by atoms with van der Waals surface area (Å²) in [6, 6.07) is 8.85. The van der Waals surface area contributed by atoms with E-state index in [0.29, 0.717) is 16.3 Å². The van der Waals surface area contributed by atoms with Crippen LogP contribution in [0.2, 0.25) is 0 Å². The largest absolute Gasteiger partial charge is 0.462 e. The Balaban J connectivity index is 2.06. The third-order valence-electron chi connectivity index (χ3n) is 5.15. The van der Waals surface area contributed by atoms with Gasteiger partial charge in [0.05, 0.1) is 17.9 Å². The zero-order chi connectivity index (χ0) is 22.1. The quantitative estimate of drug-likeness (QED) is 0.328. The monoisotopic (exact) mass is 455 g/mol. The molecule has 1 aromatic carbocycles. The van der Waals surface area contributed by atoms with Crippen LogP contribution in [0.5, 0.6) is 0 Å². The van der Waals surface area contributed by atoms with E-state index < -0.39 is 17.3 Å². The number of hydrogen-bond acceptors (Lipinski definition) is 7. The van der Waals surface area contributed by atoms with Crippen molar-refractivity contribution in [3.05, 3.63) is 67.2 Å². The fourth-order valence-electron chi connectivity index (χ4n) is 3.75. The first-order valence-corrected chi connectivity index (χ1v) is 11.3. The molecule has 0 unspecified atom stereocenters. The average molecular weight is 456 g/mol. The highest BCUT2D eigenvalue weighted by Gasteiger charge is 2.29. The van der Waals surface area contributed by atoms with Gasteiger partial charge in [0.1, 0.15) is 5.00 Å². The van der Waals surface area contributed by atoms with Crippen LogP contribution in [0.1, 0.15) is 58.0 Å². The van der Waals surface area contributed by atoms with Gasteiger partial charge in [-0.15, -0.1) is 11.3 Å². The summed E-state index contributed by atoms with van der Waals surface area (Å²) in [5.41, 5.74) is 1.08. The van der Waals surface area contributed by atoms with Crippen molar-refractivity contribution in [1.82, 2.24) is 14.3 Å². The number of Topliss-reactive ketones (excluding diaryl/α,β-unsaturated/α-hetero) is 1. The molecule has 1 aliphatic carbocycles. The highest BCUT2D eigenvalue weighted by molar-refractivity contribution is 7.71. The van der Waals surface area contributed by atoms with Crippen molar-refractivity contribution in [1.29, 1.82) is 0 Å². The number of nitrogens with zero attached hydrogens (tertiary/aromatic N) is 3. The van der Waals surface area contributed by atoms with Crippen LogP contribution < -0.4 is 5.56 Å². The van der Waals surface area contributed by atoms with Gasteiger partial charge in [0.25, 0.3) is 5.56 Å². The minimum absolute atomic E-state index is 0.0883. The second kappa shape index (κ2) is 8.68. The molecular weight excluding hydrogens is 434 g/mol. The van der Waals surface area contributed by atoms with Gasteiger partial charge in [-0.05, 0) is 62.5 Å². The number of hydrogen-bond donors (Lipinski definition) is 0. The average Bonchev–Trinajstić information content (AvgIpc) is 3.14. The standard InChI is InChI=1S/C22H21N3O4S2/c1-3-29-21(28)17-15-11-7-8-12-16(15)31-20(17)25-22(30)24(14-9-5-4-6-10-14)19(27)18(23-25)13(2)26/h4-6,9-10H,3,7-8,11-12H2,1-2H3. The summed E-state index contributed by atoms with van der Waals surface area (Å²) in [5, 5.41) is 4.80. The van der Waals surface area contributed by atoms with Crippen LogP contribution >= 0.6 is 23.6 Å². The highest BCUT2D eigenvalue weighted by atomic mass is 32.1. The van der Waals surface area contributed by atoms with Crippen molar-refractivity contribution < 1.29 is 14.3 Å². The SMILES string of the molecule is CCOC(=O)c1c(-n2nc(C(C)=O)c(=O)n(-c3ccccc3)c2=S)sc2c1CCCC2. The lowest BCUT2D eigenvalue weighted by Gasteiger charge is -2.14. The van der Waals surface area contributed by atoms with Gasteiger partial charge in [0, 0.05) is 11.8 Å². The van der Waals surface area contributed by atoms with Gasteiger partial charge >= 0.3 is 5.97 Å². The third kappa shape index (κ3) is 3.79. The van der Waals surface area contributed by atoms with Gasteiger partial charge in [-0.2, -0.15) is 9.78 Å². The van der Waals surface area contributed by atoms with Crippen molar-refractivity contribution in [3.8, 4) is 10.7 Å². The minimum atomic E-state index is -0.584. The number of carbonyl (C=O) groups excluding carboxylic acids is 2. The van der Waals surface area contributed by atoms with E-state index in [1.165, 1.54) is 27.5 Å². The predicted octanol–water partition coefficient (Wildman–Crippen LogP) is 4.07. The predicted molar refractivity (Wildman–Crippen MR) is 120 cm³/mol. The highest BCUT2D eigenvalue weighted by Crippen LogP contribution is 2.37. The molecule has 7 nitrogen and oxygen atoms in total. The number of carbonyl (C=O) groups is 2. The number of ether oxygens (including phenoxy) is 1. The van der Waals surface area contributed by atoms with Gasteiger partial charge in [-0.1, -0.05) is 18.2 Å². The van der Waals surface area contributed by atoms with Crippen LogP contribution in [0.4, 0.5) is 0 Å². The maximum Gasteiger partial charge on any atom is 0.341 e. The normalized spacial score (nSPS) is 13.0. The molecule has 0 aliphatic heterocycles. The molecule has 0 atom stereocenters. The fourth-order valence-corrected chi connectivity index (χ4v) is 5.45. The first-order valence-electron chi connectivity index (χ1n) is 10.1. The Hall–Kier alpha value is -2.91. The van der Waals surface area contributed by atoms with Crippen LogP contribution in [0.3, 0.4) is 0 Å². The molecule has 0 N–H and O–H groups in total. The molecule has 0 spiro atoms. The van der Waals surface area contributed by atoms with Crippen LogP contribution in [-0.4, -0.2) is 32.7 Å². The number of esters is 1. The molecular formula is C22H21N3O4S2. The summed E-state index contributed by atoms with van der Waals surface area (Å²) in [5.74, 6) is -0.917. The summed E-state index contributed by atoms with van der Waals surface area (Å²) < 4.78 is 8.07. The van der Waals surface area contributed by atoms with Gasteiger partial charge in [0.2, 0.25) is 4.77 Å². The van der Waals surface area contributed by atoms with E-state index in [2.05, 4.69) is 5.10 Å². The topological polar surface area (TPSA) is 83.2 Å². The van der Waals surface area contributed by atoms with Crippen molar-refractivity contribution in [2.75, 3.05) is 6.61 Å². The van der Waals surface area contributed by atoms with Crippen LogP contribution in [0.25, 0.3) is 10.7 Å². The molecule has 31 heavy (non-hydrogen) atoms. The summed E-state index contributed by atoms with van der Waals surface area (Å²) in [6.07, 6.45) is 3.65. The number of thiophene rings is 1. The Morgan fingerprint density at radius 3 is 2.58 bits per heavy atom. The first-order chi connectivity index (χ1) is 14.9. The Morgan fingerprint density at radius 1 is 1.19 bits per heavy atom. The molecule has 3 aromatic rings. The molecule has 9 heteroatoms. The van der Waals surface area contributed by atoms with E-state index in [9.17, 15) is 14.4 Å². The number of aromatic nitrogens is 3. The summed E-state index contributed by atoms with van der Waals surface area (Å²) in [6.45, 7) is 3.28. The molecule has 0 radical (unpaired) electrons. The van der Waals surface area contributed by atoms with Gasteiger partial charge in [0.15, 0.2) is 11.5 Å². The molecule has 0 saturated heterocycles. The van der Waals surface area contributed by atoms with E-state index >= 15 is 0 Å². The van der Waals surface area contributed by atoms with Crippen LogP contribution in [-0.2, 0) is 17.6 Å². The van der Waals surface area contributed by atoms with E-state index in [1.807, 2.05) is 6.07 Å². The third-order valence-corrected chi connectivity index (χ3v) is 6.77. The van der Waals surface area contributed by atoms with E-state index in [0.717, 1.165) is 36.1 Å². The van der Waals surface area contributed by atoms with Gasteiger partial charge < -0.3 is 4.74 Å². The van der Waals surface area contributed by atoms with E-state index in [4.69, 9.17) is 17.0 Å². The van der Waals surface area contributed by atoms with E-state index in [1.54, 1.807) is 31.2 Å². The number of ketones is 1. The number of benzene rings is 1. The summed E-state index contributed by atoms with van der Waals surface area (Å²) in [4.78, 5) is 39.3. The zero-order valence-electron chi connectivity index (χ0n) is 17.2. The zero-order valence-corrected chi connectivity index (χ0v) is 18.8. The van der Waals surface area contributed by atoms with Gasteiger partial charge in [-0.25, -0.2) is 9.36 Å². The lowest BCUT2D eigenvalue weighted by Crippen LogP contribution is -2.31. The molecule has 4 rings (SSSR count). The summed E-state index contributed by atoms with van der Waals surface area (Å²) >= 11 is 7.07. The Kier molecular flexibility index (Phi) is 5.97. The maximum absolute atomic E-state index is 13.0.